The van der Waals surface area contributed by atoms with Crippen molar-refractivity contribution in [3.63, 3.8) is 0 Å². The number of halogens is 3. The zero-order valence-corrected chi connectivity index (χ0v) is 12.1. The van der Waals surface area contributed by atoms with Crippen LogP contribution in [0.25, 0.3) is 0 Å². The smallest absolute Gasteiger partial charge is 0.150 e. The molecule has 2 aromatic carbocycles. The number of ether oxygens (including phenoxy) is 1. The Bertz CT molecular complexity index is 625. The topological polar surface area (TPSA) is 21.3 Å². The average Bonchev–Trinajstić information content (AvgIpc) is 2.43. The maximum atomic E-state index is 13.9. The molecular weight excluding hydrogens is 328 g/mol. The molecule has 20 heavy (non-hydrogen) atoms. The van der Waals surface area contributed by atoms with Gasteiger partial charge in [-0.3, -0.25) is 0 Å². The highest BCUT2D eigenvalue weighted by Crippen LogP contribution is 2.33. The van der Waals surface area contributed by atoms with Crippen LogP contribution in [0, 0.1) is 11.6 Å². The normalized spacial score (nSPS) is 17.6. The van der Waals surface area contributed by atoms with E-state index in [-0.39, 0.29) is 11.7 Å². The Morgan fingerprint density at radius 3 is 2.80 bits per heavy atom. The highest BCUT2D eigenvalue weighted by atomic mass is 79.9. The fraction of sp³-hybridized carbons (Fsp3) is 0.200. The maximum Gasteiger partial charge on any atom is 0.150 e. The van der Waals surface area contributed by atoms with Crippen molar-refractivity contribution in [2.45, 2.75) is 12.6 Å². The molecule has 104 valence electrons. The number of hydrogen-bond acceptors (Lipinski definition) is 2. The molecule has 0 fully saturated rings. The van der Waals surface area contributed by atoms with Crippen molar-refractivity contribution in [1.29, 1.82) is 0 Å². The second kappa shape index (κ2) is 5.50. The lowest BCUT2D eigenvalue weighted by Gasteiger charge is -2.27. The number of anilines is 1. The van der Waals surface area contributed by atoms with E-state index < -0.39 is 11.6 Å². The van der Waals surface area contributed by atoms with Gasteiger partial charge in [-0.15, -0.1) is 0 Å². The van der Waals surface area contributed by atoms with Gasteiger partial charge in [0.1, 0.15) is 11.6 Å². The van der Waals surface area contributed by atoms with E-state index in [9.17, 15) is 8.78 Å². The van der Waals surface area contributed by atoms with Gasteiger partial charge in [0.2, 0.25) is 0 Å². The van der Waals surface area contributed by atoms with Gasteiger partial charge in [0, 0.05) is 10.5 Å². The molecule has 0 spiro atoms. The van der Waals surface area contributed by atoms with Gasteiger partial charge in [-0.2, -0.15) is 0 Å². The van der Waals surface area contributed by atoms with Crippen LogP contribution in [0.4, 0.5) is 14.5 Å². The Hall–Kier alpha value is -1.46. The van der Waals surface area contributed by atoms with Crippen molar-refractivity contribution < 1.29 is 13.5 Å². The molecule has 1 aliphatic rings. The van der Waals surface area contributed by atoms with Gasteiger partial charge in [0.15, 0.2) is 0 Å². The Morgan fingerprint density at radius 2 is 2.00 bits per heavy atom. The average molecular weight is 340 g/mol. The molecule has 0 aliphatic carbocycles. The minimum Gasteiger partial charge on any atom is -0.374 e. The van der Waals surface area contributed by atoms with Crippen LogP contribution in [-0.2, 0) is 11.3 Å². The summed E-state index contributed by atoms with van der Waals surface area (Å²) in [5.41, 5.74) is 2.40. The molecule has 1 atom stereocenters. The summed E-state index contributed by atoms with van der Waals surface area (Å²) in [5.74, 6) is -1.24. The lowest BCUT2D eigenvalue weighted by atomic mass is 9.99. The van der Waals surface area contributed by atoms with Crippen molar-refractivity contribution >= 4 is 21.6 Å². The summed E-state index contributed by atoms with van der Waals surface area (Å²) in [6.07, 6.45) is 0. The highest BCUT2D eigenvalue weighted by Gasteiger charge is 2.22. The van der Waals surface area contributed by atoms with Crippen LogP contribution in [0.15, 0.2) is 40.9 Å². The van der Waals surface area contributed by atoms with Crippen LogP contribution >= 0.6 is 15.9 Å². The summed E-state index contributed by atoms with van der Waals surface area (Å²) >= 11 is 3.18. The largest absolute Gasteiger partial charge is 0.374 e. The van der Waals surface area contributed by atoms with E-state index in [4.69, 9.17) is 4.74 Å². The van der Waals surface area contributed by atoms with E-state index in [2.05, 4.69) is 21.2 Å². The first-order valence-corrected chi connectivity index (χ1v) is 7.01. The molecule has 0 saturated carbocycles. The summed E-state index contributed by atoms with van der Waals surface area (Å²) < 4.78 is 32.8. The summed E-state index contributed by atoms with van der Waals surface area (Å²) in [5, 5.41) is 3.09. The first kappa shape index (κ1) is 13.5. The van der Waals surface area contributed by atoms with Crippen LogP contribution in [0.1, 0.15) is 17.2 Å². The number of hydrogen-bond donors (Lipinski definition) is 1. The lowest BCUT2D eigenvalue weighted by Crippen LogP contribution is -2.23. The Kier molecular flexibility index (Phi) is 3.72. The van der Waals surface area contributed by atoms with Gasteiger partial charge < -0.3 is 10.1 Å². The van der Waals surface area contributed by atoms with E-state index in [1.54, 1.807) is 0 Å². The number of nitrogens with one attached hydrogen (secondary N) is 1. The molecule has 0 saturated heterocycles. The minimum atomic E-state index is -0.625. The second-order valence-corrected chi connectivity index (χ2v) is 5.51. The Balaban J connectivity index is 1.94. The maximum absolute atomic E-state index is 13.9. The third kappa shape index (κ3) is 2.55. The molecular formula is C15H12BrF2NO. The summed E-state index contributed by atoms with van der Waals surface area (Å²) in [6.45, 7) is 1.00. The molecule has 2 aromatic rings. The van der Waals surface area contributed by atoms with Crippen LogP contribution in [0.2, 0.25) is 0 Å². The zero-order valence-electron chi connectivity index (χ0n) is 10.5. The van der Waals surface area contributed by atoms with Gasteiger partial charge in [0.05, 0.1) is 24.9 Å². The van der Waals surface area contributed by atoms with Crippen LogP contribution in [-0.4, -0.2) is 6.61 Å². The van der Waals surface area contributed by atoms with Crippen LogP contribution < -0.4 is 5.32 Å². The van der Waals surface area contributed by atoms with E-state index >= 15 is 0 Å². The van der Waals surface area contributed by atoms with Gasteiger partial charge in [-0.1, -0.05) is 24.3 Å². The third-order valence-corrected chi connectivity index (χ3v) is 3.92. The molecule has 2 nitrogen and oxygen atoms in total. The predicted octanol–water partition coefficient (Wildman–Crippen LogP) is 4.41. The van der Waals surface area contributed by atoms with Crippen molar-refractivity contribution in [3.05, 3.63) is 63.6 Å². The van der Waals surface area contributed by atoms with Gasteiger partial charge in [-0.25, -0.2) is 8.78 Å². The first-order chi connectivity index (χ1) is 9.65. The van der Waals surface area contributed by atoms with Crippen LogP contribution in [0.5, 0.6) is 0 Å². The lowest BCUT2D eigenvalue weighted by molar-refractivity contribution is 0.0969. The fourth-order valence-corrected chi connectivity index (χ4v) is 2.88. The summed E-state index contributed by atoms with van der Waals surface area (Å²) in [7, 11) is 0. The molecule has 5 heteroatoms. The standard InChI is InChI=1S/C15H12BrF2NO/c16-12-5-10(17)6-13(18)15(12)19-14-8-20-7-9-3-1-2-4-11(9)14/h1-6,14,19H,7-8H2. The SMILES string of the molecule is Fc1cc(F)c(NC2COCc3ccccc32)c(Br)c1. The van der Waals surface area contributed by atoms with Gasteiger partial charge >= 0.3 is 0 Å². The van der Waals surface area contributed by atoms with Gasteiger partial charge in [-0.05, 0) is 33.1 Å². The molecule has 1 N–H and O–H groups in total. The molecule has 3 rings (SSSR count). The molecule has 1 unspecified atom stereocenters. The number of fused-ring (bicyclic) bond motifs is 1. The second-order valence-electron chi connectivity index (χ2n) is 4.66. The molecule has 0 radical (unpaired) electrons. The fourth-order valence-electron chi connectivity index (χ4n) is 2.36. The van der Waals surface area contributed by atoms with Crippen molar-refractivity contribution in [3.8, 4) is 0 Å². The Morgan fingerprint density at radius 1 is 1.20 bits per heavy atom. The van der Waals surface area contributed by atoms with E-state index in [1.807, 2.05) is 24.3 Å². The van der Waals surface area contributed by atoms with Crippen molar-refractivity contribution in [1.82, 2.24) is 0 Å². The van der Waals surface area contributed by atoms with E-state index in [0.717, 1.165) is 17.2 Å². The molecule has 1 heterocycles. The van der Waals surface area contributed by atoms with Gasteiger partial charge in [0.25, 0.3) is 0 Å². The third-order valence-electron chi connectivity index (χ3n) is 3.30. The van der Waals surface area contributed by atoms with Crippen LogP contribution in [0.3, 0.4) is 0 Å². The predicted molar refractivity (Wildman–Crippen MR) is 76.5 cm³/mol. The monoisotopic (exact) mass is 339 g/mol. The molecule has 0 amide bonds. The number of benzene rings is 2. The number of rotatable bonds is 2. The Labute approximate surface area is 123 Å². The quantitative estimate of drug-likeness (QED) is 0.874. The van der Waals surface area contributed by atoms with Crippen molar-refractivity contribution in [2.24, 2.45) is 0 Å². The molecule has 1 aliphatic heterocycles. The van der Waals surface area contributed by atoms with E-state index in [0.29, 0.717) is 17.7 Å². The molecule has 0 bridgehead atoms. The summed E-state index contributed by atoms with van der Waals surface area (Å²) in [4.78, 5) is 0. The highest BCUT2D eigenvalue weighted by molar-refractivity contribution is 9.10. The summed E-state index contributed by atoms with van der Waals surface area (Å²) in [6, 6.07) is 9.80. The van der Waals surface area contributed by atoms with E-state index in [1.165, 1.54) is 6.07 Å². The minimum absolute atomic E-state index is 0.156. The zero-order chi connectivity index (χ0) is 14.1. The van der Waals surface area contributed by atoms with Crippen molar-refractivity contribution in [2.75, 3.05) is 11.9 Å². The molecule has 0 aromatic heterocycles. The first-order valence-electron chi connectivity index (χ1n) is 6.22.